The van der Waals surface area contributed by atoms with Crippen LogP contribution >= 0.6 is 0 Å². The van der Waals surface area contributed by atoms with Crippen LogP contribution in [0.2, 0.25) is 0 Å². The third-order valence-electron chi connectivity index (χ3n) is 3.74. The monoisotopic (exact) mass is 320 g/mol. The molecule has 0 radical (unpaired) electrons. The van der Waals surface area contributed by atoms with Crippen LogP contribution in [0.4, 0.5) is 0 Å². The number of amides is 1. The predicted octanol–water partition coefficient (Wildman–Crippen LogP) is 3.62. The third-order valence-corrected chi connectivity index (χ3v) is 3.74. The molecule has 5 nitrogen and oxygen atoms in total. The lowest BCUT2D eigenvalue weighted by atomic mass is 10.1. The van der Waals surface area contributed by atoms with Crippen LogP contribution in [0.15, 0.2) is 72.4 Å². The topological polar surface area (TPSA) is 51.3 Å². The van der Waals surface area contributed by atoms with Gasteiger partial charge in [0, 0.05) is 36.4 Å². The maximum absolute atomic E-state index is 12.4. The van der Waals surface area contributed by atoms with Gasteiger partial charge in [-0.3, -0.25) is 4.79 Å². The van der Waals surface area contributed by atoms with Gasteiger partial charge in [0.2, 0.25) is 0 Å². The highest BCUT2D eigenvalue weighted by Gasteiger charge is 2.10. The molecule has 0 unspecified atom stereocenters. The van der Waals surface area contributed by atoms with Gasteiger partial charge in [-0.15, -0.1) is 0 Å². The van der Waals surface area contributed by atoms with Crippen molar-refractivity contribution in [1.82, 2.24) is 14.6 Å². The standard InChI is InChI=1S/C19H20N4O/c1-15(2)23-12-9-16(14-23)13-20-21-19(24)17-7-3-4-8-18(17)22-10-5-6-11-22/h3-15H,1-2H3,(H,21,24)/b20-13-. The summed E-state index contributed by atoms with van der Waals surface area (Å²) in [6.07, 6.45) is 9.45. The molecule has 1 amide bonds. The maximum atomic E-state index is 12.4. The van der Waals surface area contributed by atoms with Crippen molar-refractivity contribution in [3.05, 3.63) is 78.4 Å². The highest BCUT2D eigenvalue weighted by molar-refractivity contribution is 5.98. The van der Waals surface area contributed by atoms with Gasteiger partial charge in [0.15, 0.2) is 0 Å². The number of aromatic nitrogens is 2. The first kappa shape index (κ1) is 15.8. The van der Waals surface area contributed by atoms with Gasteiger partial charge in [-0.2, -0.15) is 5.10 Å². The van der Waals surface area contributed by atoms with E-state index in [9.17, 15) is 4.79 Å². The van der Waals surface area contributed by atoms with Gasteiger partial charge in [0.25, 0.3) is 5.91 Å². The van der Waals surface area contributed by atoms with Crippen LogP contribution in [-0.4, -0.2) is 21.3 Å². The Morgan fingerprint density at radius 3 is 2.54 bits per heavy atom. The second kappa shape index (κ2) is 7.00. The van der Waals surface area contributed by atoms with Crippen molar-refractivity contribution in [2.24, 2.45) is 5.10 Å². The highest BCUT2D eigenvalue weighted by Crippen LogP contribution is 2.14. The van der Waals surface area contributed by atoms with E-state index in [1.54, 1.807) is 12.3 Å². The molecule has 2 heterocycles. The summed E-state index contributed by atoms with van der Waals surface area (Å²) in [5.41, 5.74) is 4.94. The van der Waals surface area contributed by atoms with Crippen molar-refractivity contribution < 1.29 is 4.79 Å². The molecule has 24 heavy (non-hydrogen) atoms. The highest BCUT2D eigenvalue weighted by atomic mass is 16.2. The molecule has 5 heteroatoms. The number of hydrazone groups is 1. The minimum absolute atomic E-state index is 0.237. The maximum Gasteiger partial charge on any atom is 0.273 e. The SMILES string of the molecule is CC(C)n1ccc(/C=N\NC(=O)c2ccccc2-n2cccc2)c1. The second-order valence-electron chi connectivity index (χ2n) is 5.79. The van der Waals surface area contributed by atoms with Gasteiger partial charge in [0.05, 0.1) is 17.5 Å². The van der Waals surface area contributed by atoms with Crippen molar-refractivity contribution in [2.45, 2.75) is 19.9 Å². The summed E-state index contributed by atoms with van der Waals surface area (Å²) in [6.45, 7) is 4.22. The van der Waals surface area contributed by atoms with Crippen LogP contribution in [0, 0.1) is 0 Å². The lowest BCUT2D eigenvalue weighted by Crippen LogP contribution is -2.19. The first-order chi connectivity index (χ1) is 11.6. The Bertz CT molecular complexity index is 844. The number of rotatable bonds is 5. The number of carbonyl (C=O) groups excluding carboxylic acids is 1. The summed E-state index contributed by atoms with van der Waals surface area (Å²) in [4.78, 5) is 12.4. The summed E-state index contributed by atoms with van der Waals surface area (Å²) in [6, 6.07) is 13.6. The van der Waals surface area contributed by atoms with E-state index in [2.05, 4.69) is 28.9 Å². The van der Waals surface area contributed by atoms with Crippen LogP contribution < -0.4 is 5.43 Å². The zero-order valence-electron chi connectivity index (χ0n) is 13.8. The molecule has 0 bridgehead atoms. The molecule has 0 saturated heterocycles. The van der Waals surface area contributed by atoms with E-state index in [1.165, 1.54) is 0 Å². The van der Waals surface area contributed by atoms with Crippen LogP contribution in [0.25, 0.3) is 5.69 Å². The summed E-state index contributed by atoms with van der Waals surface area (Å²) in [5.74, 6) is -0.237. The molecule has 0 fully saturated rings. The fraction of sp³-hybridized carbons (Fsp3) is 0.158. The molecule has 0 atom stereocenters. The summed E-state index contributed by atoms with van der Waals surface area (Å²) in [5, 5.41) is 4.07. The van der Waals surface area contributed by atoms with Crippen LogP contribution in [-0.2, 0) is 0 Å². The number of hydrogen-bond donors (Lipinski definition) is 1. The summed E-state index contributed by atoms with van der Waals surface area (Å²) < 4.78 is 3.99. The third kappa shape index (κ3) is 3.46. The largest absolute Gasteiger partial charge is 0.351 e. The Kier molecular flexibility index (Phi) is 4.61. The van der Waals surface area contributed by atoms with Crippen molar-refractivity contribution >= 4 is 12.1 Å². The average Bonchev–Trinajstić information content (AvgIpc) is 3.26. The molecule has 0 saturated carbocycles. The van der Waals surface area contributed by atoms with E-state index < -0.39 is 0 Å². The van der Waals surface area contributed by atoms with Crippen LogP contribution in [0.5, 0.6) is 0 Å². The Labute approximate surface area is 141 Å². The van der Waals surface area contributed by atoms with E-state index in [0.717, 1.165) is 11.3 Å². The molecule has 2 aromatic heterocycles. The van der Waals surface area contributed by atoms with Crippen molar-refractivity contribution in [3.63, 3.8) is 0 Å². The minimum Gasteiger partial charge on any atom is -0.351 e. The van der Waals surface area contributed by atoms with Crippen molar-refractivity contribution in [3.8, 4) is 5.69 Å². The molecule has 0 aliphatic heterocycles. The van der Waals surface area contributed by atoms with E-state index in [0.29, 0.717) is 11.6 Å². The van der Waals surface area contributed by atoms with E-state index in [-0.39, 0.29) is 5.91 Å². The Balaban J connectivity index is 1.72. The van der Waals surface area contributed by atoms with Gasteiger partial charge in [0.1, 0.15) is 0 Å². The quantitative estimate of drug-likeness (QED) is 0.566. The summed E-state index contributed by atoms with van der Waals surface area (Å²) >= 11 is 0. The predicted molar refractivity (Wildman–Crippen MR) is 95.6 cm³/mol. The Morgan fingerprint density at radius 1 is 1.08 bits per heavy atom. The van der Waals surface area contributed by atoms with Gasteiger partial charge < -0.3 is 9.13 Å². The smallest absolute Gasteiger partial charge is 0.273 e. The molecule has 122 valence electrons. The average molecular weight is 320 g/mol. The normalized spacial score (nSPS) is 11.3. The molecule has 3 rings (SSSR count). The number of benzene rings is 1. The zero-order chi connectivity index (χ0) is 16.9. The van der Waals surface area contributed by atoms with Crippen molar-refractivity contribution in [1.29, 1.82) is 0 Å². The van der Waals surface area contributed by atoms with Crippen LogP contribution in [0.1, 0.15) is 35.8 Å². The molecule has 0 aliphatic carbocycles. The molecule has 1 aromatic carbocycles. The lowest BCUT2D eigenvalue weighted by Gasteiger charge is -2.08. The molecular weight excluding hydrogens is 300 g/mol. The number of hydrogen-bond acceptors (Lipinski definition) is 2. The van der Waals surface area contributed by atoms with Crippen molar-refractivity contribution in [2.75, 3.05) is 0 Å². The molecule has 3 aromatic rings. The van der Waals surface area contributed by atoms with E-state index in [4.69, 9.17) is 0 Å². The van der Waals surface area contributed by atoms with Gasteiger partial charge in [-0.05, 0) is 44.2 Å². The summed E-state index contributed by atoms with van der Waals surface area (Å²) in [7, 11) is 0. The van der Waals surface area contributed by atoms with E-state index >= 15 is 0 Å². The lowest BCUT2D eigenvalue weighted by molar-refractivity contribution is 0.0955. The molecule has 0 aliphatic rings. The van der Waals surface area contributed by atoms with Gasteiger partial charge in [-0.1, -0.05) is 12.1 Å². The number of carbonyl (C=O) groups is 1. The molecule has 0 spiro atoms. The van der Waals surface area contributed by atoms with Crippen LogP contribution in [0.3, 0.4) is 0 Å². The second-order valence-corrected chi connectivity index (χ2v) is 5.79. The Hall–Kier alpha value is -3.08. The Morgan fingerprint density at radius 2 is 1.83 bits per heavy atom. The first-order valence-corrected chi connectivity index (χ1v) is 7.88. The fourth-order valence-electron chi connectivity index (χ4n) is 2.44. The zero-order valence-corrected chi connectivity index (χ0v) is 13.8. The minimum atomic E-state index is -0.237. The van der Waals surface area contributed by atoms with Gasteiger partial charge in [-0.25, -0.2) is 5.43 Å². The number of nitrogens with one attached hydrogen (secondary N) is 1. The van der Waals surface area contributed by atoms with E-state index in [1.807, 2.05) is 65.8 Å². The fourth-order valence-corrected chi connectivity index (χ4v) is 2.44. The number of para-hydroxylation sites is 1. The first-order valence-electron chi connectivity index (χ1n) is 7.88. The van der Waals surface area contributed by atoms with Gasteiger partial charge >= 0.3 is 0 Å². The number of nitrogens with zero attached hydrogens (tertiary/aromatic N) is 3. The molecule has 1 N–H and O–H groups in total. The molecular formula is C19H20N4O.